The summed E-state index contributed by atoms with van der Waals surface area (Å²) in [5, 5.41) is 9.15. The molecular formula is C19H23NO5. The molecule has 2 saturated carbocycles. The second kappa shape index (κ2) is 6.24. The molecule has 0 spiro atoms. The number of carboxylic acids is 1. The summed E-state index contributed by atoms with van der Waals surface area (Å²) in [4.78, 5) is 25.8. The minimum absolute atomic E-state index is 0.0378. The molecule has 1 amide bonds. The third-order valence-electron chi connectivity index (χ3n) is 5.26. The third kappa shape index (κ3) is 3.30. The van der Waals surface area contributed by atoms with E-state index < -0.39 is 11.9 Å². The Balaban J connectivity index is 1.44. The fraction of sp³-hybridized carbons (Fsp3) is 0.579. The lowest BCUT2D eigenvalue weighted by atomic mass is 10.1. The molecule has 0 saturated heterocycles. The van der Waals surface area contributed by atoms with Crippen LogP contribution in [-0.2, 0) is 9.59 Å². The number of ether oxygens (including phenoxy) is 2. The number of carbonyl (C=O) groups is 2. The minimum Gasteiger partial charge on any atom is -0.486 e. The van der Waals surface area contributed by atoms with Gasteiger partial charge in [-0.2, -0.15) is 0 Å². The van der Waals surface area contributed by atoms with Gasteiger partial charge in [0.1, 0.15) is 13.2 Å². The number of nitrogens with zero attached hydrogens (tertiary/aromatic N) is 1. The van der Waals surface area contributed by atoms with E-state index in [0.717, 1.165) is 36.3 Å². The van der Waals surface area contributed by atoms with Gasteiger partial charge < -0.3 is 19.5 Å². The van der Waals surface area contributed by atoms with Crippen molar-refractivity contribution in [2.45, 2.75) is 38.1 Å². The Bertz CT molecular complexity index is 699. The van der Waals surface area contributed by atoms with Gasteiger partial charge in [-0.15, -0.1) is 0 Å². The number of hydrogen-bond donors (Lipinski definition) is 1. The van der Waals surface area contributed by atoms with Gasteiger partial charge in [-0.1, -0.05) is 13.0 Å². The normalized spacial score (nSPS) is 25.2. The van der Waals surface area contributed by atoms with Gasteiger partial charge in [0, 0.05) is 18.5 Å². The fourth-order valence-electron chi connectivity index (χ4n) is 3.52. The highest BCUT2D eigenvalue weighted by molar-refractivity contribution is 5.84. The molecule has 1 aliphatic heterocycles. The molecule has 0 radical (unpaired) electrons. The number of carboxylic acid groups (broad SMARTS) is 1. The van der Waals surface area contributed by atoms with Crippen molar-refractivity contribution in [1.29, 1.82) is 0 Å². The van der Waals surface area contributed by atoms with E-state index in [1.54, 1.807) is 6.92 Å². The molecule has 4 rings (SSSR count). The summed E-state index contributed by atoms with van der Waals surface area (Å²) in [6.45, 7) is 3.08. The first-order chi connectivity index (χ1) is 12.0. The second-order valence-corrected chi connectivity index (χ2v) is 7.31. The highest BCUT2D eigenvalue weighted by Crippen LogP contribution is 2.51. The van der Waals surface area contributed by atoms with Gasteiger partial charge in [-0.05, 0) is 42.9 Å². The van der Waals surface area contributed by atoms with Crippen LogP contribution in [0.15, 0.2) is 18.2 Å². The van der Waals surface area contributed by atoms with E-state index in [9.17, 15) is 9.59 Å². The van der Waals surface area contributed by atoms with Crippen LogP contribution in [0.4, 0.5) is 0 Å². The smallest absolute Gasteiger partial charge is 0.308 e. The topological polar surface area (TPSA) is 76.1 Å². The molecule has 134 valence electrons. The fourth-order valence-corrected chi connectivity index (χ4v) is 3.52. The van der Waals surface area contributed by atoms with Gasteiger partial charge in [0.15, 0.2) is 11.5 Å². The molecule has 2 aliphatic carbocycles. The zero-order chi connectivity index (χ0) is 17.6. The monoisotopic (exact) mass is 345 g/mol. The average Bonchev–Trinajstić information content (AvgIpc) is 3.51. The van der Waals surface area contributed by atoms with Crippen LogP contribution in [0.25, 0.3) is 0 Å². The number of rotatable bonds is 6. The van der Waals surface area contributed by atoms with Crippen LogP contribution in [-0.4, -0.2) is 47.7 Å². The molecule has 6 nitrogen and oxygen atoms in total. The van der Waals surface area contributed by atoms with E-state index in [1.165, 1.54) is 0 Å². The van der Waals surface area contributed by atoms with Crippen molar-refractivity contribution in [2.24, 2.45) is 11.8 Å². The Kier molecular flexibility index (Phi) is 4.06. The van der Waals surface area contributed by atoms with Gasteiger partial charge in [-0.25, -0.2) is 0 Å². The quantitative estimate of drug-likeness (QED) is 0.856. The molecule has 25 heavy (non-hydrogen) atoms. The second-order valence-electron chi connectivity index (χ2n) is 7.31. The maximum atomic E-state index is 12.9. The maximum Gasteiger partial charge on any atom is 0.308 e. The SMILES string of the molecule is CC(CN(C(=O)C1CC1c1ccc2c(c1)OCCO2)C1CC1)C(=O)O. The molecule has 3 unspecified atom stereocenters. The van der Waals surface area contributed by atoms with E-state index in [4.69, 9.17) is 14.6 Å². The Morgan fingerprint density at radius 2 is 1.96 bits per heavy atom. The highest BCUT2D eigenvalue weighted by Gasteiger charge is 2.48. The lowest BCUT2D eigenvalue weighted by Crippen LogP contribution is -2.39. The Hall–Kier alpha value is -2.24. The number of fused-ring (bicyclic) bond motifs is 1. The highest BCUT2D eigenvalue weighted by atomic mass is 16.6. The van der Waals surface area contributed by atoms with Crippen molar-refractivity contribution in [3.05, 3.63) is 23.8 Å². The van der Waals surface area contributed by atoms with Crippen molar-refractivity contribution in [3.8, 4) is 11.5 Å². The van der Waals surface area contributed by atoms with Crippen molar-refractivity contribution in [3.63, 3.8) is 0 Å². The van der Waals surface area contributed by atoms with E-state index >= 15 is 0 Å². The Morgan fingerprint density at radius 3 is 2.64 bits per heavy atom. The predicted molar refractivity (Wildman–Crippen MR) is 89.8 cm³/mol. The number of aliphatic carboxylic acids is 1. The van der Waals surface area contributed by atoms with Crippen molar-refractivity contribution < 1.29 is 24.2 Å². The van der Waals surface area contributed by atoms with E-state index in [2.05, 4.69) is 0 Å². The van der Waals surface area contributed by atoms with Crippen LogP contribution in [0, 0.1) is 11.8 Å². The summed E-state index contributed by atoms with van der Waals surface area (Å²) in [6, 6.07) is 6.13. The van der Waals surface area contributed by atoms with Crippen LogP contribution < -0.4 is 9.47 Å². The zero-order valence-electron chi connectivity index (χ0n) is 14.3. The Labute approximate surface area is 146 Å². The molecule has 0 bridgehead atoms. The molecule has 0 aromatic heterocycles. The van der Waals surface area contributed by atoms with Crippen LogP contribution in [0.1, 0.15) is 37.7 Å². The maximum absolute atomic E-state index is 12.9. The number of benzene rings is 1. The van der Waals surface area contributed by atoms with Crippen molar-refractivity contribution in [1.82, 2.24) is 4.90 Å². The predicted octanol–water partition coefficient (Wildman–Crippen LogP) is 2.27. The lowest BCUT2D eigenvalue weighted by Gasteiger charge is -2.24. The average molecular weight is 345 g/mol. The molecule has 2 fully saturated rings. The number of carbonyl (C=O) groups excluding carboxylic acids is 1. The van der Waals surface area contributed by atoms with Crippen LogP contribution in [0.5, 0.6) is 11.5 Å². The summed E-state index contributed by atoms with van der Waals surface area (Å²) in [6.07, 6.45) is 2.79. The first-order valence-corrected chi connectivity index (χ1v) is 8.97. The molecule has 1 aromatic carbocycles. The van der Waals surface area contributed by atoms with Gasteiger partial charge in [0.25, 0.3) is 0 Å². The molecule has 1 heterocycles. The number of hydrogen-bond acceptors (Lipinski definition) is 4. The standard InChI is InChI=1S/C19H23NO5/c1-11(19(22)23)10-20(13-3-4-13)18(21)15-9-14(15)12-2-5-16-17(8-12)25-7-6-24-16/h2,5,8,11,13-15H,3-4,6-7,9-10H2,1H3,(H,22,23). The largest absolute Gasteiger partial charge is 0.486 e. The molecule has 3 atom stereocenters. The summed E-state index contributed by atoms with van der Waals surface area (Å²) in [7, 11) is 0. The summed E-state index contributed by atoms with van der Waals surface area (Å²) in [5.41, 5.74) is 1.10. The zero-order valence-corrected chi connectivity index (χ0v) is 14.3. The Morgan fingerprint density at radius 1 is 1.24 bits per heavy atom. The van der Waals surface area contributed by atoms with E-state index in [1.807, 2.05) is 23.1 Å². The molecule has 1 aromatic rings. The van der Waals surface area contributed by atoms with Crippen LogP contribution in [0.2, 0.25) is 0 Å². The number of amides is 1. The van der Waals surface area contributed by atoms with Gasteiger partial charge in [0.05, 0.1) is 5.92 Å². The van der Waals surface area contributed by atoms with Gasteiger partial charge >= 0.3 is 5.97 Å². The summed E-state index contributed by atoms with van der Waals surface area (Å²) in [5.74, 6) is 0.395. The van der Waals surface area contributed by atoms with Crippen molar-refractivity contribution >= 4 is 11.9 Å². The third-order valence-corrected chi connectivity index (χ3v) is 5.26. The minimum atomic E-state index is -0.849. The van der Waals surface area contributed by atoms with Crippen molar-refractivity contribution in [2.75, 3.05) is 19.8 Å². The summed E-state index contributed by atoms with van der Waals surface area (Å²) >= 11 is 0. The van der Waals surface area contributed by atoms with Gasteiger partial charge in [0.2, 0.25) is 5.91 Å². The molecule has 6 heteroatoms. The first-order valence-electron chi connectivity index (χ1n) is 8.97. The van der Waals surface area contributed by atoms with Crippen LogP contribution >= 0.6 is 0 Å². The van der Waals surface area contributed by atoms with Crippen LogP contribution in [0.3, 0.4) is 0 Å². The molecule has 1 N–H and O–H groups in total. The summed E-state index contributed by atoms with van der Waals surface area (Å²) < 4.78 is 11.2. The lowest BCUT2D eigenvalue weighted by molar-refractivity contribution is -0.143. The first kappa shape index (κ1) is 16.2. The van der Waals surface area contributed by atoms with Gasteiger partial charge in [-0.3, -0.25) is 9.59 Å². The van der Waals surface area contributed by atoms with E-state index in [0.29, 0.717) is 19.8 Å². The van der Waals surface area contributed by atoms with E-state index in [-0.39, 0.29) is 23.8 Å². The molecule has 3 aliphatic rings. The molecular weight excluding hydrogens is 322 g/mol.